The fourth-order valence-electron chi connectivity index (χ4n) is 10.5. The zero-order valence-electron chi connectivity index (χ0n) is 47.2. The number of carbonyl (C=O) groups is 10. The lowest BCUT2D eigenvalue weighted by Gasteiger charge is -2.41. The molecule has 0 aliphatic carbocycles. The van der Waals surface area contributed by atoms with E-state index in [1.54, 1.807) is 70.8 Å². The Balaban J connectivity index is 1.45. The maximum absolute atomic E-state index is 14.8. The van der Waals surface area contributed by atoms with E-state index in [1.807, 2.05) is 19.9 Å². The fourth-order valence-corrected chi connectivity index (χ4v) is 11.4. The van der Waals surface area contributed by atoms with Crippen molar-refractivity contribution in [2.45, 2.75) is 142 Å². The van der Waals surface area contributed by atoms with Crippen LogP contribution in [0.3, 0.4) is 0 Å². The van der Waals surface area contributed by atoms with Crippen molar-refractivity contribution in [3.05, 3.63) is 57.0 Å². The van der Waals surface area contributed by atoms with Crippen molar-refractivity contribution in [1.82, 2.24) is 40.0 Å². The van der Waals surface area contributed by atoms with Crippen LogP contribution in [-0.2, 0) is 63.8 Å². The van der Waals surface area contributed by atoms with Gasteiger partial charge in [-0.15, -0.1) is 0 Å². The summed E-state index contributed by atoms with van der Waals surface area (Å²) >= 11 is 6.16. The Morgan fingerprint density at radius 3 is 1.97 bits per heavy atom. The van der Waals surface area contributed by atoms with Crippen molar-refractivity contribution in [2.24, 2.45) is 23.7 Å². The molecule has 0 radical (unpaired) electrons. The number of carbonyl (C=O) groups excluding carboxylic acids is 9. The standard InChI is InChI=1S/C55H80Br2N8O14/c1-12-33(6)48(40(78-10)30-45(70)63-22-16-19-39(63)49(79-11)34(7)50(71)58-38(55(76)77)27-35-17-14-13-15-18-35)61(9)54(75)46(31(2)3)59-51(72)47(32(4)5)60(8)41(66)20-21-42(67)62(23-25-64-43(68)28-36(56)52(64)73)24-26-65-44(69)29-37(57)53(65)74/h13-15,17-18,28-29,31-34,38-40,43,46-49,68H,12,16,19-27,30H2,1-11H3,(H,58,71)(H,59,72)(H,76,77)/t33?,34-,38+,39+,40?,43?,46+,47+,48+,49-/m1/s1. The Labute approximate surface area is 480 Å². The highest BCUT2D eigenvalue weighted by Crippen LogP contribution is 2.30. The summed E-state index contributed by atoms with van der Waals surface area (Å²) in [7, 11) is 5.96. The zero-order chi connectivity index (χ0) is 59.2. The van der Waals surface area contributed by atoms with Crippen molar-refractivity contribution >= 4 is 91.0 Å². The van der Waals surface area contributed by atoms with Gasteiger partial charge in [0.15, 0.2) is 0 Å². The van der Waals surface area contributed by atoms with Crippen LogP contribution in [0.25, 0.3) is 0 Å². The molecule has 22 nitrogen and oxygen atoms in total. The molecule has 9 amide bonds. The normalized spacial score (nSPS) is 19.5. The monoisotopic (exact) mass is 1230 g/mol. The number of aliphatic hydroxyl groups is 1. The zero-order valence-corrected chi connectivity index (χ0v) is 50.4. The number of halogens is 2. The van der Waals surface area contributed by atoms with E-state index < -0.39 is 120 Å². The molecular weight excluding hydrogens is 1160 g/mol. The van der Waals surface area contributed by atoms with Crippen LogP contribution < -0.4 is 10.6 Å². The largest absolute Gasteiger partial charge is 0.480 e. The van der Waals surface area contributed by atoms with Gasteiger partial charge in [-0.25, -0.2) is 4.79 Å². The number of nitrogens with one attached hydrogen (secondary N) is 2. The van der Waals surface area contributed by atoms with E-state index in [9.17, 15) is 58.2 Å². The molecule has 79 heavy (non-hydrogen) atoms. The number of rotatable bonds is 30. The number of aliphatic hydroxyl groups excluding tert-OH is 1. The molecule has 10 atom stereocenters. The Hall–Kier alpha value is -5.56. The minimum atomic E-state index is -1.25. The molecule has 3 heterocycles. The number of hydrogen-bond acceptors (Lipinski definition) is 13. The van der Waals surface area contributed by atoms with Gasteiger partial charge in [-0.05, 0) is 74.1 Å². The summed E-state index contributed by atoms with van der Waals surface area (Å²) in [5.41, 5.74) is 0.741. The number of aliphatic carboxylic acids is 1. The van der Waals surface area contributed by atoms with Crippen molar-refractivity contribution < 1.29 is 67.6 Å². The second-order valence-electron chi connectivity index (χ2n) is 21.2. The van der Waals surface area contributed by atoms with Crippen molar-refractivity contribution in [3.63, 3.8) is 0 Å². The number of hydrogen-bond donors (Lipinski definition) is 4. The summed E-state index contributed by atoms with van der Waals surface area (Å²) in [5.74, 6) is -7.81. The molecule has 4 N–H and O–H groups in total. The highest BCUT2D eigenvalue weighted by Gasteiger charge is 2.44. The summed E-state index contributed by atoms with van der Waals surface area (Å²) in [5, 5.41) is 26.0. The van der Waals surface area contributed by atoms with Crippen LogP contribution in [0.2, 0.25) is 0 Å². The van der Waals surface area contributed by atoms with Gasteiger partial charge in [-0.1, -0.05) is 85.2 Å². The molecule has 1 aromatic rings. The van der Waals surface area contributed by atoms with Gasteiger partial charge < -0.3 is 54.8 Å². The quantitative estimate of drug-likeness (QED) is 0.0807. The molecule has 0 saturated carbocycles. The predicted octanol–water partition coefficient (Wildman–Crippen LogP) is 3.04. The third kappa shape index (κ3) is 17.0. The Morgan fingerprint density at radius 1 is 0.810 bits per heavy atom. The van der Waals surface area contributed by atoms with E-state index in [2.05, 4.69) is 42.5 Å². The van der Waals surface area contributed by atoms with Gasteiger partial charge in [0.1, 0.15) is 24.4 Å². The SMILES string of the molecule is CCC(C)[C@@H](C(CC(=O)N1CCC[C@H]1[C@H](OC)[C@@H](C)C(=O)N[C@@H](Cc1ccccc1)C(=O)O)OC)N(C)C(=O)[C@@H](NC(=O)[C@H](C(C)C)N(C)C(=O)CCC(=O)N(CCN1C(=O)C=C(Br)C1=O)CCN1C(=O)C(Br)=CC1O)C(C)C. The molecule has 1 aromatic carbocycles. The topological polar surface area (TPSA) is 273 Å². The smallest absolute Gasteiger partial charge is 0.326 e. The average molecular weight is 1240 g/mol. The molecular formula is C55H80Br2N8O14. The molecule has 3 unspecified atom stereocenters. The second kappa shape index (κ2) is 30.3. The first kappa shape index (κ1) is 66.0. The lowest BCUT2D eigenvalue weighted by molar-refractivity contribution is -0.149. The van der Waals surface area contributed by atoms with Crippen molar-refractivity contribution in [1.29, 1.82) is 0 Å². The van der Waals surface area contributed by atoms with E-state index in [0.29, 0.717) is 25.8 Å². The summed E-state index contributed by atoms with van der Waals surface area (Å²) in [4.78, 5) is 143. The van der Waals surface area contributed by atoms with Gasteiger partial charge in [0.25, 0.3) is 17.7 Å². The lowest BCUT2D eigenvalue weighted by atomic mass is 9.89. The minimum absolute atomic E-state index is 0.0574. The number of imide groups is 1. The van der Waals surface area contributed by atoms with Crippen molar-refractivity contribution in [3.8, 4) is 0 Å². The number of nitrogens with zero attached hydrogens (tertiary/aromatic N) is 6. The maximum Gasteiger partial charge on any atom is 0.326 e. The Bertz CT molecular complexity index is 2440. The molecule has 1 fully saturated rings. The van der Waals surface area contributed by atoms with Crippen LogP contribution >= 0.6 is 31.9 Å². The summed E-state index contributed by atoms with van der Waals surface area (Å²) < 4.78 is 12.1. The molecule has 0 bridgehead atoms. The number of ether oxygens (including phenoxy) is 2. The molecule has 0 spiro atoms. The molecule has 4 rings (SSSR count). The number of methoxy groups -OCH3 is 2. The van der Waals surface area contributed by atoms with E-state index in [4.69, 9.17) is 9.47 Å². The van der Waals surface area contributed by atoms with E-state index >= 15 is 0 Å². The molecule has 24 heteroatoms. The molecule has 1 saturated heterocycles. The molecule has 3 aliphatic rings. The van der Waals surface area contributed by atoms with Gasteiger partial charge in [-0.2, -0.15) is 0 Å². The number of likely N-dealkylation sites (tertiary alicyclic amines) is 1. The number of benzene rings is 1. The van der Waals surface area contributed by atoms with Crippen LogP contribution in [0, 0.1) is 23.7 Å². The van der Waals surface area contributed by atoms with Gasteiger partial charge in [-0.3, -0.25) is 48.1 Å². The van der Waals surface area contributed by atoms with Gasteiger partial charge in [0, 0.05) is 86.4 Å². The third-order valence-corrected chi connectivity index (χ3v) is 16.4. The minimum Gasteiger partial charge on any atom is -0.480 e. The van der Waals surface area contributed by atoms with Gasteiger partial charge >= 0.3 is 5.97 Å². The number of carboxylic acids is 1. The Morgan fingerprint density at radius 2 is 1.44 bits per heavy atom. The summed E-state index contributed by atoms with van der Waals surface area (Å²) in [6, 6.07) is 4.40. The van der Waals surface area contributed by atoms with E-state index in [1.165, 1.54) is 42.0 Å². The highest BCUT2D eigenvalue weighted by molar-refractivity contribution is 9.12. The summed E-state index contributed by atoms with van der Waals surface area (Å²) in [6.45, 7) is 12.4. The first-order valence-electron chi connectivity index (χ1n) is 26.8. The first-order valence-corrected chi connectivity index (χ1v) is 28.4. The lowest BCUT2D eigenvalue weighted by Crippen LogP contribution is -2.60. The second-order valence-corrected chi connectivity index (χ2v) is 22.9. The maximum atomic E-state index is 14.8. The highest BCUT2D eigenvalue weighted by atomic mass is 79.9. The van der Waals surface area contributed by atoms with Crippen LogP contribution in [0.1, 0.15) is 92.6 Å². The van der Waals surface area contributed by atoms with Gasteiger partial charge in [0.2, 0.25) is 35.4 Å². The predicted molar refractivity (Wildman–Crippen MR) is 298 cm³/mol. The molecule has 3 aliphatic heterocycles. The molecule has 0 aromatic heterocycles. The third-order valence-electron chi connectivity index (χ3n) is 15.3. The number of likely N-dealkylation sites (N-methyl/N-ethyl adjacent to an activating group) is 2. The van der Waals surface area contributed by atoms with Crippen LogP contribution in [-0.4, -0.2) is 208 Å². The van der Waals surface area contributed by atoms with Crippen LogP contribution in [0.4, 0.5) is 0 Å². The summed E-state index contributed by atoms with van der Waals surface area (Å²) in [6.07, 6.45) is 0.559. The van der Waals surface area contributed by atoms with E-state index in [0.717, 1.165) is 21.4 Å². The first-order chi connectivity index (χ1) is 37.2. The van der Waals surface area contributed by atoms with Crippen LogP contribution in [0.15, 0.2) is 51.4 Å². The Kier molecular flexibility index (Phi) is 25.3. The van der Waals surface area contributed by atoms with Gasteiger partial charge in [0.05, 0.1) is 45.6 Å². The van der Waals surface area contributed by atoms with Crippen molar-refractivity contribution in [2.75, 3.05) is 61.0 Å². The average Bonchev–Trinajstić information content (AvgIpc) is 4.07. The number of carboxylic acid groups (broad SMARTS) is 1. The van der Waals surface area contributed by atoms with E-state index in [-0.39, 0.29) is 72.7 Å². The van der Waals surface area contributed by atoms with Crippen LogP contribution in [0.5, 0.6) is 0 Å². The fraction of sp³-hybridized carbons (Fsp3) is 0.636. The molecule has 438 valence electrons. The number of amides is 9.